The molecule has 1 atom stereocenters. The van der Waals surface area contributed by atoms with E-state index >= 15 is 0 Å². The highest BCUT2D eigenvalue weighted by Crippen LogP contribution is 2.30. The number of anilines is 1. The third-order valence-electron chi connectivity index (χ3n) is 3.33. The number of hydrogen-bond donors (Lipinski definition) is 1. The van der Waals surface area contributed by atoms with Gasteiger partial charge in [-0.1, -0.05) is 23.1 Å². The zero-order valence-corrected chi connectivity index (χ0v) is 15.9. The maximum atomic E-state index is 12.4. The zero-order chi connectivity index (χ0) is 18.0. The summed E-state index contributed by atoms with van der Waals surface area (Å²) in [7, 11) is 0. The van der Waals surface area contributed by atoms with E-state index in [1.165, 1.54) is 23.1 Å². The molecule has 0 bridgehead atoms. The summed E-state index contributed by atoms with van der Waals surface area (Å²) >= 11 is 2.68. The number of nitrogens with one attached hydrogen (secondary N) is 1. The fourth-order valence-electron chi connectivity index (χ4n) is 2.16. The Hall–Kier alpha value is -2.20. The summed E-state index contributed by atoms with van der Waals surface area (Å²) < 4.78 is 7.39. The minimum absolute atomic E-state index is 0.124. The normalized spacial score (nSPS) is 12.5. The Bertz CT molecular complexity index is 855. The number of furan rings is 1. The Morgan fingerprint density at radius 1 is 1.28 bits per heavy atom. The van der Waals surface area contributed by atoms with E-state index in [0.29, 0.717) is 21.9 Å². The van der Waals surface area contributed by atoms with Crippen LogP contribution in [0, 0.1) is 6.92 Å². The molecule has 8 nitrogen and oxygen atoms in total. The van der Waals surface area contributed by atoms with Gasteiger partial charge in [-0.05, 0) is 39.8 Å². The quantitative estimate of drug-likeness (QED) is 0.656. The van der Waals surface area contributed by atoms with Crippen molar-refractivity contribution in [1.29, 1.82) is 0 Å². The molecule has 0 aliphatic rings. The fraction of sp³-hybridized carbons (Fsp3) is 0.400. The summed E-state index contributed by atoms with van der Waals surface area (Å²) in [5.74, 6) is 1.14. The first kappa shape index (κ1) is 17.6. The number of nitrogens with zero attached hydrogens (tertiary/aromatic N) is 5. The predicted molar refractivity (Wildman–Crippen MR) is 96.7 cm³/mol. The maximum Gasteiger partial charge on any atom is 0.239 e. The van der Waals surface area contributed by atoms with Crippen molar-refractivity contribution in [3.05, 3.63) is 23.4 Å². The molecule has 0 aliphatic carbocycles. The van der Waals surface area contributed by atoms with Crippen LogP contribution in [0.15, 0.2) is 28.0 Å². The van der Waals surface area contributed by atoms with Gasteiger partial charge in [-0.25, -0.2) is 0 Å². The van der Waals surface area contributed by atoms with Crippen LogP contribution in [-0.4, -0.2) is 36.1 Å². The molecule has 0 unspecified atom stereocenters. The molecule has 0 saturated carbocycles. The molecule has 0 radical (unpaired) electrons. The first-order chi connectivity index (χ1) is 12.0. The topological polar surface area (TPSA) is 98.7 Å². The number of hydrogen-bond acceptors (Lipinski definition) is 8. The van der Waals surface area contributed by atoms with Crippen LogP contribution in [0.1, 0.15) is 31.8 Å². The van der Waals surface area contributed by atoms with E-state index in [9.17, 15) is 4.79 Å². The second-order valence-corrected chi connectivity index (χ2v) is 8.11. The van der Waals surface area contributed by atoms with Gasteiger partial charge in [-0.3, -0.25) is 14.7 Å². The molecular weight excluding hydrogens is 360 g/mol. The van der Waals surface area contributed by atoms with Gasteiger partial charge < -0.3 is 4.42 Å². The lowest BCUT2D eigenvalue weighted by Gasteiger charge is -2.15. The van der Waals surface area contributed by atoms with Gasteiger partial charge in [0.2, 0.25) is 16.9 Å². The van der Waals surface area contributed by atoms with Crippen LogP contribution in [0.2, 0.25) is 0 Å². The maximum absolute atomic E-state index is 12.4. The highest BCUT2D eigenvalue weighted by atomic mass is 32.2. The second-order valence-electron chi connectivity index (χ2n) is 5.62. The fourth-order valence-corrected chi connectivity index (χ4v) is 3.74. The van der Waals surface area contributed by atoms with E-state index in [4.69, 9.17) is 4.42 Å². The number of carbonyl (C=O) groups excluding carboxylic acids is 1. The Morgan fingerprint density at radius 3 is 2.68 bits per heavy atom. The number of aryl methyl sites for hydroxylation is 1. The molecule has 3 aromatic rings. The van der Waals surface area contributed by atoms with Crippen LogP contribution in [-0.2, 0) is 4.79 Å². The Balaban J connectivity index is 1.76. The Labute approximate surface area is 153 Å². The first-order valence-electron chi connectivity index (χ1n) is 7.72. The SMILES string of the molecule is Cc1nnc(NC(=O)[C@H](C)Sc2nnc(-c3ccco3)n2C(C)C)s1. The molecule has 25 heavy (non-hydrogen) atoms. The molecule has 0 saturated heterocycles. The van der Waals surface area contributed by atoms with E-state index < -0.39 is 0 Å². The van der Waals surface area contributed by atoms with Gasteiger partial charge in [0.05, 0.1) is 11.5 Å². The first-order valence-corrected chi connectivity index (χ1v) is 9.41. The smallest absolute Gasteiger partial charge is 0.239 e. The molecule has 10 heteroatoms. The predicted octanol–water partition coefficient (Wildman–Crippen LogP) is 3.40. The van der Waals surface area contributed by atoms with Crippen LogP contribution in [0.4, 0.5) is 5.13 Å². The molecule has 3 rings (SSSR count). The van der Waals surface area contributed by atoms with E-state index in [-0.39, 0.29) is 17.2 Å². The van der Waals surface area contributed by atoms with Gasteiger partial charge in [-0.2, -0.15) is 0 Å². The summed E-state index contributed by atoms with van der Waals surface area (Å²) in [4.78, 5) is 12.4. The van der Waals surface area contributed by atoms with Crippen LogP contribution in [0.5, 0.6) is 0 Å². The minimum Gasteiger partial charge on any atom is -0.461 e. The van der Waals surface area contributed by atoms with Crippen LogP contribution >= 0.6 is 23.1 Å². The van der Waals surface area contributed by atoms with E-state index in [1.54, 1.807) is 6.26 Å². The molecular formula is C15H18N6O2S2. The Morgan fingerprint density at radius 2 is 2.08 bits per heavy atom. The monoisotopic (exact) mass is 378 g/mol. The van der Waals surface area contributed by atoms with Crippen LogP contribution in [0.3, 0.4) is 0 Å². The van der Waals surface area contributed by atoms with Crippen molar-refractivity contribution in [2.45, 2.75) is 44.1 Å². The van der Waals surface area contributed by atoms with Crippen molar-refractivity contribution >= 4 is 34.1 Å². The van der Waals surface area contributed by atoms with Crippen molar-refractivity contribution in [2.24, 2.45) is 0 Å². The van der Waals surface area contributed by atoms with Crippen molar-refractivity contribution < 1.29 is 9.21 Å². The van der Waals surface area contributed by atoms with Crippen LogP contribution < -0.4 is 5.32 Å². The summed E-state index contributed by atoms with van der Waals surface area (Å²) in [5.41, 5.74) is 0. The number of thioether (sulfide) groups is 1. The van der Waals surface area contributed by atoms with Crippen molar-refractivity contribution in [1.82, 2.24) is 25.0 Å². The van der Waals surface area contributed by atoms with Crippen molar-refractivity contribution in [3.63, 3.8) is 0 Å². The standard InChI is InChI=1S/C15H18N6O2S2/c1-8(2)21-12(11-6-5-7-23-11)18-20-15(21)24-9(3)13(22)16-14-19-17-10(4)25-14/h5-9H,1-4H3,(H,16,19,22)/t9-/m0/s1. The number of carbonyl (C=O) groups is 1. The average Bonchev–Trinajstić information content (AvgIpc) is 3.27. The Kier molecular flexibility index (Phi) is 5.19. The summed E-state index contributed by atoms with van der Waals surface area (Å²) in [6, 6.07) is 3.77. The lowest BCUT2D eigenvalue weighted by atomic mass is 10.3. The molecule has 3 aromatic heterocycles. The molecule has 1 N–H and O–H groups in total. The third kappa shape index (κ3) is 3.90. The van der Waals surface area contributed by atoms with Crippen LogP contribution in [0.25, 0.3) is 11.6 Å². The molecule has 132 valence electrons. The second kappa shape index (κ2) is 7.36. The zero-order valence-electron chi connectivity index (χ0n) is 14.3. The third-order valence-corrected chi connectivity index (χ3v) is 5.14. The summed E-state index contributed by atoms with van der Waals surface area (Å²) in [6.45, 7) is 7.73. The average molecular weight is 378 g/mol. The number of aromatic nitrogens is 5. The molecule has 0 aliphatic heterocycles. The molecule has 0 aromatic carbocycles. The lowest BCUT2D eigenvalue weighted by Crippen LogP contribution is -2.23. The van der Waals surface area contributed by atoms with Gasteiger partial charge >= 0.3 is 0 Å². The van der Waals surface area contributed by atoms with E-state index in [1.807, 2.05) is 44.4 Å². The summed E-state index contributed by atoms with van der Waals surface area (Å²) in [6.07, 6.45) is 1.60. The van der Waals surface area contributed by atoms with Gasteiger partial charge in [0, 0.05) is 6.04 Å². The van der Waals surface area contributed by atoms with Gasteiger partial charge in [0.25, 0.3) is 0 Å². The molecule has 1 amide bonds. The minimum atomic E-state index is -0.365. The van der Waals surface area contributed by atoms with Gasteiger partial charge in [-0.15, -0.1) is 20.4 Å². The van der Waals surface area contributed by atoms with Gasteiger partial charge in [0.1, 0.15) is 5.01 Å². The lowest BCUT2D eigenvalue weighted by molar-refractivity contribution is -0.115. The highest BCUT2D eigenvalue weighted by Gasteiger charge is 2.23. The van der Waals surface area contributed by atoms with Crippen molar-refractivity contribution in [3.8, 4) is 11.6 Å². The molecule has 3 heterocycles. The van der Waals surface area contributed by atoms with E-state index in [0.717, 1.165) is 5.01 Å². The number of rotatable bonds is 6. The van der Waals surface area contributed by atoms with E-state index in [2.05, 4.69) is 25.7 Å². The highest BCUT2D eigenvalue weighted by molar-refractivity contribution is 8.00. The largest absolute Gasteiger partial charge is 0.461 e. The molecule has 0 fully saturated rings. The van der Waals surface area contributed by atoms with Gasteiger partial charge in [0.15, 0.2) is 10.9 Å². The van der Waals surface area contributed by atoms with Crippen molar-refractivity contribution in [2.75, 3.05) is 5.32 Å². The number of amides is 1. The summed E-state index contributed by atoms with van der Waals surface area (Å²) in [5, 5.41) is 20.6. The molecule has 0 spiro atoms.